The minimum absolute atomic E-state index is 0.00881. The summed E-state index contributed by atoms with van der Waals surface area (Å²) in [6.45, 7) is 1.66. The van der Waals surface area contributed by atoms with E-state index in [1.165, 1.54) is 0 Å². The maximum absolute atomic E-state index is 12.3. The van der Waals surface area contributed by atoms with Crippen LogP contribution in [0.3, 0.4) is 0 Å². The molecule has 3 aromatic rings. The topological polar surface area (TPSA) is 66.7 Å². The number of carbonyl (C=O) groups is 2. The predicted octanol–water partition coefficient (Wildman–Crippen LogP) is 2.98. The van der Waals surface area contributed by atoms with Gasteiger partial charge in [-0.2, -0.15) is 0 Å². The number of imidazole rings is 1. The molecule has 2 aromatic heterocycles. The molecule has 1 aliphatic heterocycles. The van der Waals surface area contributed by atoms with Crippen LogP contribution in [-0.4, -0.2) is 45.7 Å². The first-order chi connectivity index (χ1) is 13.7. The Morgan fingerprint density at radius 3 is 2.61 bits per heavy atom. The maximum Gasteiger partial charge on any atom is 0.251 e. The molecule has 144 valence electrons. The van der Waals surface area contributed by atoms with Gasteiger partial charge in [0, 0.05) is 41.7 Å². The first-order valence-electron chi connectivity index (χ1n) is 9.40. The summed E-state index contributed by atoms with van der Waals surface area (Å²) < 4.78 is 2.01. The Bertz CT molecular complexity index is 944. The monoisotopic (exact) mass is 394 g/mol. The quantitative estimate of drug-likeness (QED) is 0.653. The Kier molecular flexibility index (Phi) is 5.62. The molecule has 0 radical (unpaired) electrons. The Morgan fingerprint density at radius 2 is 1.86 bits per heavy atom. The van der Waals surface area contributed by atoms with Crippen LogP contribution in [0.25, 0.3) is 5.65 Å². The van der Waals surface area contributed by atoms with Gasteiger partial charge in [0.1, 0.15) is 5.65 Å². The van der Waals surface area contributed by atoms with Crippen molar-refractivity contribution in [1.29, 1.82) is 0 Å². The van der Waals surface area contributed by atoms with Gasteiger partial charge in [0.2, 0.25) is 5.91 Å². The fourth-order valence-corrected chi connectivity index (χ4v) is 4.04. The number of fused-ring (bicyclic) bond motifs is 1. The molecule has 28 heavy (non-hydrogen) atoms. The number of thioether (sulfide) groups is 1. The number of rotatable bonds is 6. The molecule has 1 aliphatic rings. The zero-order valence-electron chi connectivity index (χ0n) is 15.5. The lowest BCUT2D eigenvalue weighted by atomic mass is 10.2. The molecule has 0 aliphatic carbocycles. The highest BCUT2D eigenvalue weighted by molar-refractivity contribution is 7.98. The van der Waals surface area contributed by atoms with Gasteiger partial charge in [-0.3, -0.25) is 9.59 Å². The van der Waals surface area contributed by atoms with Crippen LogP contribution in [0.15, 0.2) is 59.8 Å². The molecule has 0 unspecified atom stereocenters. The lowest BCUT2D eigenvalue weighted by molar-refractivity contribution is -0.129. The Balaban J connectivity index is 1.29. The van der Waals surface area contributed by atoms with Gasteiger partial charge in [0.05, 0.1) is 12.2 Å². The molecule has 0 bridgehead atoms. The van der Waals surface area contributed by atoms with Crippen molar-refractivity contribution in [2.75, 3.05) is 19.6 Å². The molecular weight excluding hydrogens is 372 g/mol. The van der Waals surface area contributed by atoms with E-state index in [9.17, 15) is 9.59 Å². The molecule has 0 spiro atoms. The van der Waals surface area contributed by atoms with Gasteiger partial charge < -0.3 is 14.6 Å². The number of pyridine rings is 1. The minimum atomic E-state index is -0.218. The normalized spacial score (nSPS) is 13.8. The molecule has 6 nitrogen and oxygen atoms in total. The van der Waals surface area contributed by atoms with Gasteiger partial charge in [-0.15, -0.1) is 11.8 Å². The molecule has 3 heterocycles. The van der Waals surface area contributed by atoms with E-state index in [1.807, 2.05) is 47.1 Å². The summed E-state index contributed by atoms with van der Waals surface area (Å²) in [7, 11) is 0. The lowest BCUT2D eigenvalue weighted by Gasteiger charge is -2.15. The highest BCUT2D eigenvalue weighted by atomic mass is 32.2. The van der Waals surface area contributed by atoms with Gasteiger partial charge in [-0.05, 0) is 49.2 Å². The second kappa shape index (κ2) is 8.48. The van der Waals surface area contributed by atoms with E-state index >= 15 is 0 Å². The summed E-state index contributed by atoms with van der Waals surface area (Å²) in [4.78, 5) is 31.7. The highest BCUT2D eigenvalue weighted by Gasteiger charge is 2.18. The summed E-state index contributed by atoms with van der Waals surface area (Å²) in [6.07, 6.45) is 6.11. The number of likely N-dealkylation sites (tertiary alicyclic amines) is 1. The predicted molar refractivity (Wildman–Crippen MR) is 109 cm³/mol. The first-order valence-corrected chi connectivity index (χ1v) is 10.4. The van der Waals surface area contributed by atoms with Crippen LogP contribution in [0.5, 0.6) is 0 Å². The van der Waals surface area contributed by atoms with Crippen LogP contribution >= 0.6 is 11.8 Å². The number of hydrogen-bond acceptors (Lipinski definition) is 4. The average molecular weight is 395 g/mol. The van der Waals surface area contributed by atoms with E-state index in [0.717, 1.165) is 47.9 Å². The van der Waals surface area contributed by atoms with Crippen LogP contribution in [0.4, 0.5) is 0 Å². The lowest BCUT2D eigenvalue weighted by Crippen LogP contribution is -2.38. The highest BCUT2D eigenvalue weighted by Crippen LogP contribution is 2.23. The molecule has 7 heteroatoms. The van der Waals surface area contributed by atoms with Crippen molar-refractivity contribution in [2.45, 2.75) is 23.5 Å². The zero-order chi connectivity index (χ0) is 19.3. The van der Waals surface area contributed by atoms with Crippen molar-refractivity contribution in [1.82, 2.24) is 19.6 Å². The number of aromatic nitrogens is 2. The number of carbonyl (C=O) groups excluding carboxylic acids is 2. The molecule has 0 atom stereocenters. The van der Waals surface area contributed by atoms with E-state index in [4.69, 9.17) is 0 Å². The second-order valence-corrected chi connectivity index (χ2v) is 7.83. The molecule has 4 rings (SSSR count). The van der Waals surface area contributed by atoms with E-state index in [2.05, 4.69) is 10.3 Å². The molecule has 1 aromatic carbocycles. The van der Waals surface area contributed by atoms with Crippen LogP contribution in [0.2, 0.25) is 0 Å². The third-order valence-electron chi connectivity index (χ3n) is 4.78. The second-order valence-electron chi connectivity index (χ2n) is 6.78. The standard InChI is InChI=1S/C21H22N4O2S/c26-20(24-10-3-4-11-24)13-22-21(27)16-6-8-18(9-7-16)28-15-17-14-25-12-2-1-5-19(25)23-17/h1-2,5-9,12,14H,3-4,10-11,13,15H2,(H,22,27). The Hall–Kier alpha value is -2.80. The van der Waals surface area contributed by atoms with Crippen molar-refractivity contribution in [3.05, 3.63) is 66.1 Å². The van der Waals surface area contributed by atoms with Gasteiger partial charge in [-0.1, -0.05) is 6.07 Å². The van der Waals surface area contributed by atoms with E-state index in [0.29, 0.717) is 5.56 Å². The number of nitrogens with zero attached hydrogens (tertiary/aromatic N) is 3. The molecule has 1 fully saturated rings. The zero-order valence-corrected chi connectivity index (χ0v) is 16.3. The van der Waals surface area contributed by atoms with Gasteiger partial charge >= 0.3 is 0 Å². The van der Waals surface area contributed by atoms with E-state index in [1.54, 1.807) is 28.8 Å². The van der Waals surface area contributed by atoms with Crippen molar-refractivity contribution < 1.29 is 9.59 Å². The summed E-state index contributed by atoms with van der Waals surface area (Å²) in [5, 5.41) is 2.72. The molecular formula is C21H22N4O2S. The van der Waals surface area contributed by atoms with Crippen molar-refractivity contribution in [2.24, 2.45) is 0 Å². The average Bonchev–Trinajstić information content (AvgIpc) is 3.40. The van der Waals surface area contributed by atoms with Crippen LogP contribution in [0.1, 0.15) is 28.9 Å². The maximum atomic E-state index is 12.3. The van der Waals surface area contributed by atoms with Gasteiger partial charge in [0.25, 0.3) is 5.91 Å². The SMILES string of the molecule is O=C(NCC(=O)N1CCCC1)c1ccc(SCc2cn3ccccc3n2)cc1. The minimum Gasteiger partial charge on any atom is -0.343 e. The van der Waals surface area contributed by atoms with E-state index < -0.39 is 0 Å². The van der Waals surface area contributed by atoms with Crippen molar-refractivity contribution in [3.8, 4) is 0 Å². The van der Waals surface area contributed by atoms with Gasteiger partial charge in [-0.25, -0.2) is 4.98 Å². The van der Waals surface area contributed by atoms with Crippen molar-refractivity contribution >= 4 is 29.2 Å². The fraction of sp³-hybridized carbons (Fsp3) is 0.286. The number of hydrogen-bond donors (Lipinski definition) is 1. The Labute approximate surface area is 167 Å². The third kappa shape index (κ3) is 4.36. The largest absolute Gasteiger partial charge is 0.343 e. The van der Waals surface area contributed by atoms with Crippen molar-refractivity contribution in [3.63, 3.8) is 0 Å². The Morgan fingerprint density at radius 1 is 1.07 bits per heavy atom. The summed E-state index contributed by atoms with van der Waals surface area (Å²) in [6, 6.07) is 13.4. The molecule has 1 saturated heterocycles. The van der Waals surface area contributed by atoms with Crippen LogP contribution < -0.4 is 5.32 Å². The third-order valence-corrected chi connectivity index (χ3v) is 5.82. The smallest absolute Gasteiger partial charge is 0.251 e. The number of nitrogens with one attached hydrogen (secondary N) is 1. The fourth-order valence-electron chi connectivity index (χ4n) is 3.25. The molecule has 2 amide bonds. The van der Waals surface area contributed by atoms with E-state index in [-0.39, 0.29) is 18.4 Å². The summed E-state index contributed by atoms with van der Waals surface area (Å²) >= 11 is 1.68. The van der Waals surface area contributed by atoms with Crippen LogP contribution in [0, 0.1) is 0 Å². The number of amides is 2. The summed E-state index contributed by atoms with van der Waals surface area (Å²) in [5.74, 6) is 0.535. The van der Waals surface area contributed by atoms with Crippen LogP contribution in [-0.2, 0) is 10.5 Å². The summed E-state index contributed by atoms with van der Waals surface area (Å²) in [5.41, 5.74) is 2.51. The first kappa shape index (κ1) is 18.6. The molecule has 1 N–H and O–H groups in total. The molecule has 0 saturated carbocycles. The number of benzene rings is 1. The van der Waals surface area contributed by atoms with Gasteiger partial charge in [0.15, 0.2) is 0 Å².